The van der Waals surface area contributed by atoms with Gasteiger partial charge >= 0.3 is 11.9 Å². The molecular weight excluding hydrogens is 490 g/mol. The van der Waals surface area contributed by atoms with E-state index in [4.69, 9.17) is 38.7 Å². The Labute approximate surface area is 213 Å². The SMILES string of the molecule is COc1cc(CN2CCN(Cc3cccc(OC)c3OC)CC2)c([N+](=O)[O-])cc1OC.O=C(O)C(=O)O. The highest BCUT2D eigenvalue weighted by Crippen LogP contribution is 2.35. The van der Waals surface area contributed by atoms with E-state index in [0.717, 1.165) is 49.8 Å². The Morgan fingerprint density at radius 3 is 1.73 bits per heavy atom. The number of hydrogen-bond acceptors (Lipinski definition) is 10. The van der Waals surface area contributed by atoms with Crippen LogP contribution in [0.1, 0.15) is 11.1 Å². The molecule has 0 saturated carbocycles. The molecule has 202 valence electrons. The van der Waals surface area contributed by atoms with Gasteiger partial charge in [-0.3, -0.25) is 19.9 Å². The third-order valence-electron chi connectivity index (χ3n) is 5.70. The van der Waals surface area contributed by atoms with Crippen LogP contribution in [0.15, 0.2) is 30.3 Å². The van der Waals surface area contributed by atoms with Gasteiger partial charge in [0.15, 0.2) is 23.0 Å². The van der Waals surface area contributed by atoms with Gasteiger partial charge in [-0.2, -0.15) is 0 Å². The van der Waals surface area contributed by atoms with Crippen LogP contribution in [0.4, 0.5) is 5.69 Å². The normalized spacial score (nSPS) is 13.6. The van der Waals surface area contributed by atoms with Crippen LogP contribution in [0.5, 0.6) is 23.0 Å². The zero-order valence-corrected chi connectivity index (χ0v) is 21.1. The topological polar surface area (TPSA) is 161 Å². The molecule has 2 aromatic rings. The molecule has 0 atom stereocenters. The third-order valence-corrected chi connectivity index (χ3v) is 5.70. The number of carboxylic acids is 2. The Morgan fingerprint density at radius 1 is 0.811 bits per heavy atom. The summed E-state index contributed by atoms with van der Waals surface area (Å²) in [7, 11) is 6.28. The fourth-order valence-electron chi connectivity index (χ4n) is 3.87. The summed E-state index contributed by atoms with van der Waals surface area (Å²) in [6.07, 6.45) is 0. The molecule has 2 N–H and O–H groups in total. The number of hydrogen-bond donors (Lipinski definition) is 2. The second-order valence-corrected chi connectivity index (χ2v) is 7.91. The van der Waals surface area contributed by atoms with E-state index in [-0.39, 0.29) is 10.6 Å². The average Bonchev–Trinajstić information content (AvgIpc) is 2.89. The molecule has 0 aliphatic carbocycles. The van der Waals surface area contributed by atoms with Gasteiger partial charge < -0.3 is 29.2 Å². The van der Waals surface area contributed by atoms with E-state index in [9.17, 15) is 10.1 Å². The lowest BCUT2D eigenvalue weighted by atomic mass is 10.1. The molecular formula is C24H31N3O10. The fourth-order valence-corrected chi connectivity index (χ4v) is 3.87. The monoisotopic (exact) mass is 521 g/mol. The minimum atomic E-state index is -1.82. The lowest BCUT2D eigenvalue weighted by Crippen LogP contribution is -2.45. The van der Waals surface area contributed by atoms with Gasteiger partial charge in [-0.15, -0.1) is 0 Å². The summed E-state index contributed by atoms with van der Waals surface area (Å²) in [6.45, 7) is 4.54. The number of rotatable bonds is 9. The van der Waals surface area contributed by atoms with Gasteiger partial charge in [0, 0.05) is 50.4 Å². The highest BCUT2D eigenvalue weighted by molar-refractivity contribution is 6.27. The zero-order valence-electron chi connectivity index (χ0n) is 21.1. The van der Waals surface area contributed by atoms with Gasteiger partial charge in [0.05, 0.1) is 39.4 Å². The predicted molar refractivity (Wildman–Crippen MR) is 132 cm³/mol. The smallest absolute Gasteiger partial charge is 0.414 e. The van der Waals surface area contributed by atoms with Gasteiger partial charge in [-0.1, -0.05) is 12.1 Å². The number of carbonyl (C=O) groups is 2. The maximum atomic E-state index is 11.6. The number of methoxy groups -OCH3 is 4. The first-order valence-corrected chi connectivity index (χ1v) is 11.1. The van der Waals surface area contributed by atoms with Crippen LogP contribution >= 0.6 is 0 Å². The van der Waals surface area contributed by atoms with Crippen molar-refractivity contribution in [3.63, 3.8) is 0 Å². The molecule has 37 heavy (non-hydrogen) atoms. The Balaban J connectivity index is 0.000000717. The van der Waals surface area contributed by atoms with Crippen molar-refractivity contribution < 1.29 is 43.7 Å². The first-order valence-electron chi connectivity index (χ1n) is 11.1. The van der Waals surface area contributed by atoms with Crippen molar-refractivity contribution >= 4 is 17.6 Å². The summed E-state index contributed by atoms with van der Waals surface area (Å²) in [4.78, 5) is 33.9. The van der Waals surface area contributed by atoms with Crippen LogP contribution in [-0.4, -0.2) is 91.5 Å². The van der Waals surface area contributed by atoms with Crippen molar-refractivity contribution in [2.45, 2.75) is 13.1 Å². The van der Waals surface area contributed by atoms with Crippen LogP contribution < -0.4 is 18.9 Å². The molecule has 1 aliphatic rings. The van der Waals surface area contributed by atoms with Gasteiger partial charge in [0.1, 0.15) is 0 Å². The number of carboxylic acid groups (broad SMARTS) is 2. The van der Waals surface area contributed by atoms with E-state index in [2.05, 4.69) is 9.80 Å². The molecule has 1 saturated heterocycles. The van der Waals surface area contributed by atoms with Crippen molar-refractivity contribution in [1.82, 2.24) is 9.80 Å². The van der Waals surface area contributed by atoms with Crippen LogP contribution in [0.25, 0.3) is 0 Å². The van der Waals surface area contributed by atoms with E-state index in [1.165, 1.54) is 20.3 Å². The predicted octanol–water partition coefficient (Wildman–Crippen LogP) is 2.10. The number of nitro benzene ring substituents is 1. The maximum Gasteiger partial charge on any atom is 0.414 e. The standard InChI is InChI=1S/C22H29N3O6.C2H2O4/c1-28-19-7-5-6-16(22(19)31-4)14-23-8-10-24(11-9-23)15-17-12-20(29-2)21(30-3)13-18(17)25(26)27;3-1(4)2(5)6/h5-7,12-13H,8-11,14-15H2,1-4H3;(H,3,4)(H,5,6). The largest absolute Gasteiger partial charge is 0.493 e. The summed E-state index contributed by atoms with van der Waals surface area (Å²) in [5.74, 6) is -1.32. The van der Waals surface area contributed by atoms with Crippen LogP contribution in [-0.2, 0) is 22.7 Å². The molecule has 1 aliphatic heterocycles. The number of aliphatic carboxylic acids is 2. The average molecular weight is 522 g/mol. The fraction of sp³-hybridized carbons (Fsp3) is 0.417. The lowest BCUT2D eigenvalue weighted by molar-refractivity contribution is -0.385. The number of nitro groups is 1. The first-order chi connectivity index (χ1) is 17.6. The van der Waals surface area contributed by atoms with Crippen LogP contribution in [0.2, 0.25) is 0 Å². The second-order valence-electron chi connectivity index (χ2n) is 7.91. The van der Waals surface area contributed by atoms with Crippen molar-refractivity contribution in [2.75, 3.05) is 54.6 Å². The molecule has 0 spiro atoms. The number of nitrogens with zero attached hydrogens (tertiary/aromatic N) is 3. The lowest BCUT2D eigenvalue weighted by Gasteiger charge is -2.35. The molecule has 0 unspecified atom stereocenters. The molecule has 0 amide bonds. The van der Waals surface area contributed by atoms with Gasteiger partial charge in [-0.05, 0) is 12.1 Å². The summed E-state index contributed by atoms with van der Waals surface area (Å²) < 4.78 is 21.5. The van der Waals surface area contributed by atoms with Gasteiger partial charge in [-0.25, -0.2) is 9.59 Å². The third kappa shape index (κ3) is 7.95. The van der Waals surface area contributed by atoms with Crippen molar-refractivity contribution in [1.29, 1.82) is 0 Å². The molecule has 2 aromatic carbocycles. The first kappa shape index (κ1) is 29.1. The van der Waals surface area contributed by atoms with E-state index in [0.29, 0.717) is 23.6 Å². The molecule has 1 fully saturated rings. The maximum absolute atomic E-state index is 11.6. The molecule has 13 heteroatoms. The van der Waals surface area contributed by atoms with Gasteiger partial charge in [0.25, 0.3) is 5.69 Å². The second kappa shape index (κ2) is 13.8. The van der Waals surface area contributed by atoms with Crippen molar-refractivity contribution in [3.05, 3.63) is 51.6 Å². The van der Waals surface area contributed by atoms with Crippen molar-refractivity contribution in [3.8, 4) is 23.0 Å². The van der Waals surface area contributed by atoms with E-state index in [1.807, 2.05) is 18.2 Å². The number of benzene rings is 2. The molecule has 13 nitrogen and oxygen atoms in total. The molecule has 0 radical (unpaired) electrons. The summed E-state index contributed by atoms with van der Waals surface area (Å²) in [5, 5.41) is 26.3. The molecule has 3 rings (SSSR count). The Morgan fingerprint density at radius 2 is 1.30 bits per heavy atom. The minimum Gasteiger partial charge on any atom is -0.493 e. The quantitative estimate of drug-likeness (QED) is 0.281. The van der Waals surface area contributed by atoms with Crippen LogP contribution in [0.3, 0.4) is 0 Å². The molecule has 1 heterocycles. The van der Waals surface area contributed by atoms with Gasteiger partial charge in [0.2, 0.25) is 0 Å². The highest BCUT2D eigenvalue weighted by Gasteiger charge is 2.24. The highest BCUT2D eigenvalue weighted by atomic mass is 16.6. The van der Waals surface area contributed by atoms with Crippen molar-refractivity contribution in [2.24, 2.45) is 0 Å². The summed E-state index contributed by atoms with van der Waals surface area (Å²) in [6, 6.07) is 9.02. The van der Waals surface area contributed by atoms with E-state index < -0.39 is 11.9 Å². The minimum absolute atomic E-state index is 0.0428. The number of piperazine rings is 1. The summed E-state index contributed by atoms with van der Waals surface area (Å²) >= 11 is 0. The Bertz CT molecular complexity index is 1090. The zero-order chi connectivity index (χ0) is 27.5. The molecule has 0 aromatic heterocycles. The Kier molecular flexibility index (Phi) is 10.9. The summed E-state index contributed by atoms with van der Waals surface area (Å²) in [5.41, 5.74) is 1.73. The van der Waals surface area contributed by atoms with E-state index in [1.54, 1.807) is 20.3 Å². The van der Waals surface area contributed by atoms with Crippen LogP contribution in [0, 0.1) is 10.1 Å². The van der Waals surface area contributed by atoms with E-state index >= 15 is 0 Å². The number of para-hydroxylation sites is 1. The number of ether oxygens (including phenoxy) is 4. The Hall–Kier alpha value is -4.10. The molecule has 0 bridgehead atoms.